The van der Waals surface area contributed by atoms with E-state index in [2.05, 4.69) is 29.2 Å². The minimum atomic E-state index is -0.558. The van der Waals surface area contributed by atoms with Crippen molar-refractivity contribution in [3.8, 4) is 0 Å². The molecule has 0 radical (unpaired) electrons. The molecule has 164 valence electrons. The van der Waals surface area contributed by atoms with Crippen LogP contribution in [0.3, 0.4) is 0 Å². The fourth-order valence-corrected chi connectivity index (χ4v) is 4.67. The second-order valence-electron chi connectivity index (χ2n) is 9.32. The summed E-state index contributed by atoms with van der Waals surface area (Å²) in [5.41, 5.74) is 9.89. The van der Waals surface area contributed by atoms with Crippen LogP contribution in [0, 0.1) is 26.2 Å². The quantitative estimate of drug-likeness (QED) is 0.654. The normalized spacial score (nSPS) is 17.5. The van der Waals surface area contributed by atoms with E-state index in [1.807, 2.05) is 26.8 Å². The summed E-state index contributed by atoms with van der Waals surface area (Å²) in [7, 11) is 0. The summed E-state index contributed by atoms with van der Waals surface area (Å²) in [6, 6.07) is 1.99. The van der Waals surface area contributed by atoms with Gasteiger partial charge in [-0.1, -0.05) is 13.8 Å². The molecule has 0 spiro atoms. The average molecular weight is 424 g/mol. The first-order valence-electron chi connectivity index (χ1n) is 10.6. The van der Waals surface area contributed by atoms with Gasteiger partial charge in [-0.05, 0) is 50.7 Å². The van der Waals surface area contributed by atoms with E-state index in [0.29, 0.717) is 24.1 Å². The molecule has 1 atom stereocenters. The molecule has 0 fully saturated rings. The Bertz CT molecular complexity index is 1190. The average Bonchev–Trinajstić information content (AvgIpc) is 3.23. The van der Waals surface area contributed by atoms with Crippen molar-refractivity contribution >= 4 is 17.5 Å². The van der Waals surface area contributed by atoms with E-state index >= 15 is 0 Å². The molecule has 3 heterocycles. The van der Waals surface area contributed by atoms with Gasteiger partial charge in [0, 0.05) is 29.8 Å². The third kappa shape index (κ3) is 3.94. The minimum Gasteiger partial charge on any atom is -0.466 e. The number of nitrogens with one attached hydrogen (secondary N) is 1. The van der Waals surface area contributed by atoms with Gasteiger partial charge in [0.2, 0.25) is 5.91 Å². The second-order valence-corrected chi connectivity index (χ2v) is 9.32. The van der Waals surface area contributed by atoms with Crippen LogP contribution in [0.4, 0.5) is 0 Å². The zero-order valence-corrected chi connectivity index (χ0v) is 18.7. The first-order chi connectivity index (χ1) is 14.6. The van der Waals surface area contributed by atoms with Crippen LogP contribution >= 0.6 is 0 Å². The number of nitrogens with zero attached hydrogens (tertiary/aromatic N) is 3. The number of amides is 2. The molecule has 8 nitrogen and oxygen atoms in total. The Balaban J connectivity index is 1.51. The molecule has 2 amide bonds. The van der Waals surface area contributed by atoms with E-state index in [1.165, 1.54) is 6.20 Å². The number of primary amides is 1. The molecule has 0 bridgehead atoms. The number of hydrogen-bond donors (Lipinski definition) is 2. The molecule has 1 aliphatic carbocycles. The van der Waals surface area contributed by atoms with Crippen LogP contribution in [-0.2, 0) is 17.6 Å². The molecule has 31 heavy (non-hydrogen) atoms. The Hall–Kier alpha value is -3.16. The van der Waals surface area contributed by atoms with Crippen LogP contribution in [0.2, 0.25) is 0 Å². The third-order valence-electron chi connectivity index (χ3n) is 6.15. The lowest BCUT2D eigenvalue weighted by Crippen LogP contribution is -2.36. The molecule has 0 aliphatic heterocycles. The SMILES string of the molecule is Cc1cc2c(o1)CC(C)(C)CC2NC(=O)CCc1c(C)nc2c(C(N)=O)cnn2c1C. The van der Waals surface area contributed by atoms with Crippen LogP contribution in [0.1, 0.15) is 77.1 Å². The number of fused-ring (bicyclic) bond motifs is 2. The van der Waals surface area contributed by atoms with Crippen molar-refractivity contribution in [3.05, 3.63) is 51.9 Å². The van der Waals surface area contributed by atoms with Crippen molar-refractivity contribution in [2.24, 2.45) is 11.1 Å². The molecule has 3 aromatic rings. The number of carbonyl (C=O) groups excluding carboxylic acids is 2. The molecule has 0 aromatic carbocycles. The Labute approximate surface area is 181 Å². The maximum Gasteiger partial charge on any atom is 0.254 e. The number of carbonyl (C=O) groups is 2. The largest absolute Gasteiger partial charge is 0.466 e. The molecule has 0 saturated carbocycles. The Morgan fingerprint density at radius 1 is 1.32 bits per heavy atom. The zero-order chi connectivity index (χ0) is 22.5. The fourth-order valence-electron chi connectivity index (χ4n) is 4.67. The lowest BCUT2D eigenvalue weighted by atomic mass is 9.74. The van der Waals surface area contributed by atoms with Crippen LogP contribution in [-0.4, -0.2) is 26.4 Å². The first kappa shape index (κ1) is 21.1. The minimum absolute atomic E-state index is 0.00955. The van der Waals surface area contributed by atoms with Gasteiger partial charge in [0.25, 0.3) is 5.91 Å². The van der Waals surface area contributed by atoms with Crippen molar-refractivity contribution in [3.63, 3.8) is 0 Å². The molecule has 0 saturated heterocycles. The molecule has 3 N–H and O–H groups in total. The molecule has 8 heteroatoms. The predicted octanol–water partition coefficient (Wildman–Crippen LogP) is 3.11. The van der Waals surface area contributed by atoms with Gasteiger partial charge < -0.3 is 15.5 Å². The number of rotatable bonds is 5. The molecular formula is C23H29N5O3. The van der Waals surface area contributed by atoms with Crippen molar-refractivity contribution in [2.75, 3.05) is 0 Å². The van der Waals surface area contributed by atoms with Gasteiger partial charge in [0.1, 0.15) is 17.1 Å². The summed E-state index contributed by atoms with van der Waals surface area (Å²) in [6.07, 6.45) is 4.06. The Morgan fingerprint density at radius 2 is 2.06 bits per heavy atom. The number of furan rings is 1. The van der Waals surface area contributed by atoms with Crippen molar-refractivity contribution in [2.45, 2.75) is 66.3 Å². The highest BCUT2D eigenvalue weighted by atomic mass is 16.3. The van der Waals surface area contributed by atoms with Crippen LogP contribution in [0.5, 0.6) is 0 Å². The van der Waals surface area contributed by atoms with Gasteiger partial charge in [-0.3, -0.25) is 9.59 Å². The van der Waals surface area contributed by atoms with Gasteiger partial charge >= 0.3 is 0 Å². The number of aryl methyl sites for hydroxylation is 3. The van der Waals surface area contributed by atoms with Gasteiger partial charge in [0.15, 0.2) is 5.65 Å². The molecule has 4 rings (SSSR count). The standard InChI is InChI=1S/C23H29N5O3/c1-12-8-16-18(9-23(4,5)10-19(16)31-12)27-20(29)7-6-15-13(2)26-22-17(21(24)30)11-25-28(22)14(15)3/h8,11,18H,6-7,9-10H2,1-5H3,(H2,24,30)(H,27,29). The smallest absolute Gasteiger partial charge is 0.254 e. The predicted molar refractivity (Wildman–Crippen MR) is 116 cm³/mol. The second kappa shape index (κ2) is 7.51. The summed E-state index contributed by atoms with van der Waals surface area (Å²) >= 11 is 0. The van der Waals surface area contributed by atoms with Crippen LogP contribution < -0.4 is 11.1 Å². The van der Waals surface area contributed by atoms with Gasteiger partial charge in [0.05, 0.1) is 12.2 Å². The number of aromatic nitrogens is 3. The van der Waals surface area contributed by atoms with Gasteiger partial charge in [-0.25, -0.2) is 9.50 Å². The maximum atomic E-state index is 12.8. The number of nitrogens with two attached hydrogens (primary N) is 1. The Morgan fingerprint density at radius 3 is 2.77 bits per heavy atom. The first-order valence-corrected chi connectivity index (χ1v) is 10.6. The molecule has 1 aliphatic rings. The highest BCUT2D eigenvalue weighted by molar-refractivity contribution is 5.98. The highest BCUT2D eigenvalue weighted by Gasteiger charge is 2.35. The van der Waals surface area contributed by atoms with Gasteiger partial charge in [-0.15, -0.1) is 0 Å². The van der Waals surface area contributed by atoms with E-state index in [-0.39, 0.29) is 17.4 Å². The van der Waals surface area contributed by atoms with Gasteiger partial charge in [-0.2, -0.15) is 5.10 Å². The molecule has 1 unspecified atom stereocenters. The number of hydrogen-bond acceptors (Lipinski definition) is 5. The molecular weight excluding hydrogens is 394 g/mol. The lowest BCUT2D eigenvalue weighted by molar-refractivity contribution is -0.122. The van der Waals surface area contributed by atoms with E-state index < -0.39 is 5.91 Å². The third-order valence-corrected chi connectivity index (χ3v) is 6.15. The van der Waals surface area contributed by atoms with E-state index in [1.54, 1.807) is 4.52 Å². The fraction of sp³-hybridized carbons (Fsp3) is 0.478. The maximum absolute atomic E-state index is 12.8. The zero-order valence-electron chi connectivity index (χ0n) is 18.7. The van der Waals surface area contributed by atoms with E-state index in [0.717, 1.165) is 46.9 Å². The topological polar surface area (TPSA) is 116 Å². The van der Waals surface area contributed by atoms with E-state index in [4.69, 9.17) is 10.2 Å². The summed E-state index contributed by atoms with van der Waals surface area (Å²) in [5, 5.41) is 7.45. The summed E-state index contributed by atoms with van der Waals surface area (Å²) in [4.78, 5) is 29.0. The van der Waals surface area contributed by atoms with Crippen molar-refractivity contribution in [1.82, 2.24) is 19.9 Å². The summed E-state index contributed by atoms with van der Waals surface area (Å²) in [6.45, 7) is 10.1. The van der Waals surface area contributed by atoms with Crippen molar-refractivity contribution in [1.29, 1.82) is 0 Å². The lowest BCUT2D eigenvalue weighted by Gasteiger charge is -2.34. The molecule has 3 aromatic heterocycles. The van der Waals surface area contributed by atoms with Crippen LogP contribution in [0.25, 0.3) is 5.65 Å². The summed E-state index contributed by atoms with van der Waals surface area (Å²) in [5.74, 6) is 1.29. The Kier molecular flexibility index (Phi) is 5.11. The highest BCUT2D eigenvalue weighted by Crippen LogP contribution is 2.42. The van der Waals surface area contributed by atoms with Crippen molar-refractivity contribution < 1.29 is 14.0 Å². The van der Waals surface area contributed by atoms with E-state index in [9.17, 15) is 9.59 Å². The monoisotopic (exact) mass is 423 g/mol. The van der Waals surface area contributed by atoms with Crippen LogP contribution in [0.15, 0.2) is 16.7 Å². The summed E-state index contributed by atoms with van der Waals surface area (Å²) < 4.78 is 7.49.